The number of carbonyl (C=O) groups is 1. The van der Waals surface area contributed by atoms with Crippen LogP contribution >= 0.6 is 15.9 Å². The lowest BCUT2D eigenvalue weighted by atomic mass is 9.78. The molecule has 2 aliphatic rings. The number of hydrogen-bond donors (Lipinski definition) is 1. The number of aromatic nitrogens is 2. The molecule has 0 bridgehead atoms. The molecule has 1 saturated carbocycles. The largest absolute Gasteiger partial charge is 0.334 e. The Labute approximate surface area is 134 Å². The van der Waals surface area contributed by atoms with Crippen molar-refractivity contribution in [2.75, 3.05) is 6.54 Å². The van der Waals surface area contributed by atoms with E-state index in [4.69, 9.17) is 0 Å². The zero-order valence-electron chi connectivity index (χ0n) is 12.9. The lowest BCUT2D eigenvalue weighted by Gasteiger charge is -2.43. The van der Waals surface area contributed by atoms with Crippen LogP contribution in [0.2, 0.25) is 0 Å². The van der Waals surface area contributed by atoms with Crippen molar-refractivity contribution in [3.8, 4) is 0 Å². The van der Waals surface area contributed by atoms with Gasteiger partial charge in [-0.2, -0.15) is 5.10 Å². The molecular formula is C16H24BrN3O. The quantitative estimate of drug-likeness (QED) is 0.870. The fourth-order valence-corrected chi connectivity index (χ4v) is 4.68. The molecule has 1 N–H and O–H groups in total. The standard InChI is InChI=1S/C16H24BrN3O/c1-10(2)14-13(17)15(19-18-14)16(21)20-9-5-7-11-6-3-4-8-12(11)20/h10-12H,3-9H2,1-2H3,(H,18,19). The number of amides is 1. The molecule has 1 aliphatic carbocycles. The topological polar surface area (TPSA) is 49.0 Å². The Bertz CT molecular complexity index is 524. The molecule has 2 unspecified atom stereocenters. The molecule has 1 saturated heterocycles. The first-order chi connectivity index (χ1) is 10.1. The predicted molar refractivity (Wildman–Crippen MR) is 86.4 cm³/mol. The second kappa shape index (κ2) is 6.11. The molecule has 0 spiro atoms. The Morgan fingerprint density at radius 2 is 2.00 bits per heavy atom. The zero-order chi connectivity index (χ0) is 15.0. The molecule has 116 valence electrons. The molecule has 2 atom stereocenters. The summed E-state index contributed by atoms with van der Waals surface area (Å²) in [4.78, 5) is 15.0. The third-order valence-electron chi connectivity index (χ3n) is 5.02. The van der Waals surface area contributed by atoms with Gasteiger partial charge in [0, 0.05) is 12.6 Å². The molecule has 21 heavy (non-hydrogen) atoms. The van der Waals surface area contributed by atoms with Crippen LogP contribution < -0.4 is 0 Å². The molecule has 0 aromatic carbocycles. The number of fused-ring (bicyclic) bond motifs is 1. The molecule has 2 heterocycles. The highest BCUT2D eigenvalue weighted by molar-refractivity contribution is 9.10. The minimum atomic E-state index is 0.0987. The van der Waals surface area contributed by atoms with Crippen molar-refractivity contribution in [2.24, 2.45) is 5.92 Å². The van der Waals surface area contributed by atoms with E-state index in [2.05, 4.69) is 44.9 Å². The first kappa shape index (κ1) is 15.1. The van der Waals surface area contributed by atoms with Gasteiger partial charge in [-0.25, -0.2) is 0 Å². The highest BCUT2D eigenvalue weighted by Gasteiger charge is 2.37. The lowest BCUT2D eigenvalue weighted by Crippen LogP contribution is -2.49. The molecule has 2 fully saturated rings. The van der Waals surface area contributed by atoms with Gasteiger partial charge in [0.15, 0.2) is 5.69 Å². The van der Waals surface area contributed by atoms with E-state index in [-0.39, 0.29) is 5.91 Å². The van der Waals surface area contributed by atoms with Gasteiger partial charge in [-0.15, -0.1) is 0 Å². The van der Waals surface area contributed by atoms with Crippen molar-refractivity contribution in [2.45, 2.75) is 64.3 Å². The van der Waals surface area contributed by atoms with E-state index in [0.29, 0.717) is 23.6 Å². The lowest BCUT2D eigenvalue weighted by molar-refractivity contribution is 0.0384. The third-order valence-corrected chi connectivity index (χ3v) is 5.82. The molecule has 1 aromatic heterocycles. The van der Waals surface area contributed by atoms with E-state index in [9.17, 15) is 4.79 Å². The smallest absolute Gasteiger partial charge is 0.275 e. The van der Waals surface area contributed by atoms with Crippen molar-refractivity contribution >= 4 is 21.8 Å². The number of hydrogen-bond acceptors (Lipinski definition) is 2. The Hall–Kier alpha value is -0.840. The third kappa shape index (κ3) is 2.77. The summed E-state index contributed by atoms with van der Waals surface area (Å²) in [5, 5.41) is 7.31. The van der Waals surface area contributed by atoms with Gasteiger partial charge in [-0.3, -0.25) is 9.89 Å². The summed E-state index contributed by atoms with van der Waals surface area (Å²) in [6.45, 7) is 5.09. The van der Waals surface area contributed by atoms with E-state index < -0.39 is 0 Å². The highest BCUT2D eigenvalue weighted by atomic mass is 79.9. The van der Waals surface area contributed by atoms with Crippen LogP contribution in [-0.4, -0.2) is 33.6 Å². The maximum Gasteiger partial charge on any atom is 0.275 e. The monoisotopic (exact) mass is 353 g/mol. The van der Waals surface area contributed by atoms with Crippen LogP contribution in [0.3, 0.4) is 0 Å². The Kier molecular flexibility index (Phi) is 4.38. The molecule has 1 aliphatic heterocycles. The minimum Gasteiger partial charge on any atom is -0.334 e. The number of aromatic amines is 1. The number of H-pyrrole nitrogens is 1. The molecular weight excluding hydrogens is 330 g/mol. The normalized spacial score (nSPS) is 26.0. The van der Waals surface area contributed by atoms with Gasteiger partial charge in [0.25, 0.3) is 5.91 Å². The second-order valence-electron chi connectivity index (χ2n) is 6.71. The van der Waals surface area contributed by atoms with Gasteiger partial charge < -0.3 is 4.90 Å². The molecule has 3 rings (SSSR count). The van der Waals surface area contributed by atoms with Crippen molar-refractivity contribution < 1.29 is 4.79 Å². The Morgan fingerprint density at radius 3 is 2.71 bits per heavy atom. The van der Waals surface area contributed by atoms with Crippen LogP contribution in [-0.2, 0) is 0 Å². The number of likely N-dealkylation sites (tertiary alicyclic amines) is 1. The van der Waals surface area contributed by atoms with Crippen LogP contribution in [0.5, 0.6) is 0 Å². The second-order valence-corrected chi connectivity index (χ2v) is 7.50. The van der Waals surface area contributed by atoms with Crippen molar-refractivity contribution in [3.05, 3.63) is 15.9 Å². The summed E-state index contributed by atoms with van der Waals surface area (Å²) in [7, 11) is 0. The Balaban J connectivity index is 1.84. The number of piperidine rings is 1. The summed E-state index contributed by atoms with van der Waals surface area (Å²) in [5.41, 5.74) is 1.57. The van der Waals surface area contributed by atoms with Crippen LogP contribution in [0.25, 0.3) is 0 Å². The zero-order valence-corrected chi connectivity index (χ0v) is 14.4. The van der Waals surface area contributed by atoms with Crippen molar-refractivity contribution in [3.63, 3.8) is 0 Å². The van der Waals surface area contributed by atoms with E-state index in [1.807, 2.05) is 0 Å². The van der Waals surface area contributed by atoms with E-state index in [0.717, 1.165) is 29.6 Å². The highest BCUT2D eigenvalue weighted by Crippen LogP contribution is 2.36. The number of nitrogens with zero attached hydrogens (tertiary/aromatic N) is 2. The Morgan fingerprint density at radius 1 is 1.29 bits per heavy atom. The molecule has 1 aromatic rings. The summed E-state index contributed by atoms with van der Waals surface area (Å²) < 4.78 is 0.848. The SMILES string of the molecule is CC(C)c1[nH]nc(C(=O)N2CCCC3CCCCC32)c1Br. The van der Waals surface area contributed by atoms with Crippen molar-refractivity contribution in [1.82, 2.24) is 15.1 Å². The number of nitrogens with one attached hydrogen (secondary N) is 1. The van der Waals surface area contributed by atoms with E-state index in [1.165, 1.54) is 25.7 Å². The van der Waals surface area contributed by atoms with Gasteiger partial charge in [0.2, 0.25) is 0 Å². The predicted octanol–water partition coefficient (Wildman–Crippen LogP) is 4.09. The molecule has 1 amide bonds. The molecule has 0 radical (unpaired) electrons. The number of halogens is 1. The summed E-state index contributed by atoms with van der Waals surface area (Å²) in [6.07, 6.45) is 7.44. The van der Waals surface area contributed by atoms with Crippen LogP contribution in [0.4, 0.5) is 0 Å². The van der Waals surface area contributed by atoms with E-state index >= 15 is 0 Å². The average Bonchev–Trinajstić information content (AvgIpc) is 2.88. The van der Waals surface area contributed by atoms with Crippen LogP contribution in [0, 0.1) is 5.92 Å². The summed E-state index contributed by atoms with van der Waals surface area (Å²) >= 11 is 3.57. The fraction of sp³-hybridized carbons (Fsp3) is 0.750. The maximum atomic E-state index is 12.9. The number of rotatable bonds is 2. The van der Waals surface area contributed by atoms with Gasteiger partial charge in [0.05, 0.1) is 10.2 Å². The van der Waals surface area contributed by atoms with Crippen LogP contribution in [0.15, 0.2) is 4.47 Å². The van der Waals surface area contributed by atoms with Crippen molar-refractivity contribution in [1.29, 1.82) is 0 Å². The van der Waals surface area contributed by atoms with Crippen LogP contribution in [0.1, 0.15) is 74.5 Å². The van der Waals surface area contributed by atoms with E-state index in [1.54, 1.807) is 0 Å². The van der Waals surface area contributed by atoms with Gasteiger partial charge in [-0.05, 0) is 53.4 Å². The first-order valence-corrected chi connectivity index (χ1v) is 8.93. The van der Waals surface area contributed by atoms with Gasteiger partial charge in [0.1, 0.15) is 0 Å². The van der Waals surface area contributed by atoms with Gasteiger partial charge >= 0.3 is 0 Å². The molecule has 5 heteroatoms. The fourth-order valence-electron chi connectivity index (χ4n) is 3.88. The summed E-state index contributed by atoms with van der Waals surface area (Å²) in [5.74, 6) is 1.14. The summed E-state index contributed by atoms with van der Waals surface area (Å²) in [6, 6.07) is 0.436. The number of carbonyl (C=O) groups excluding carboxylic acids is 1. The maximum absolute atomic E-state index is 12.9. The minimum absolute atomic E-state index is 0.0987. The first-order valence-electron chi connectivity index (χ1n) is 8.14. The average molecular weight is 354 g/mol. The van der Waals surface area contributed by atoms with Gasteiger partial charge in [-0.1, -0.05) is 26.7 Å². The molecule has 4 nitrogen and oxygen atoms in total.